The molecule has 2 rings (SSSR count). The Balaban J connectivity index is 2.13. The Bertz CT molecular complexity index is 347. The summed E-state index contributed by atoms with van der Waals surface area (Å²) in [5, 5.41) is 1.16. The van der Waals surface area contributed by atoms with Gasteiger partial charge < -0.3 is 10.5 Å². The molecule has 1 aromatic heterocycles. The summed E-state index contributed by atoms with van der Waals surface area (Å²) < 4.78 is 5.82. The molecule has 1 atom stereocenters. The Hall–Kier alpha value is -0.450. The molecule has 1 aliphatic carbocycles. The van der Waals surface area contributed by atoms with E-state index in [1.807, 2.05) is 0 Å². The lowest BCUT2D eigenvalue weighted by atomic mass is 10.2. The minimum absolute atomic E-state index is 0.236. The zero-order valence-corrected chi connectivity index (χ0v) is 10.8. The summed E-state index contributed by atoms with van der Waals surface area (Å²) in [6.45, 7) is 5.59. The van der Waals surface area contributed by atoms with E-state index in [1.165, 1.54) is 17.7 Å². The monoisotopic (exact) mass is 240 g/mol. The van der Waals surface area contributed by atoms with Crippen molar-refractivity contribution in [3.05, 3.63) is 15.6 Å². The summed E-state index contributed by atoms with van der Waals surface area (Å²) >= 11 is 1.78. The molecule has 3 nitrogen and oxygen atoms in total. The van der Waals surface area contributed by atoms with Crippen LogP contribution in [-0.4, -0.2) is 18.1 Å². The average molecular weight is 240 g/mol. The van der Waals surface area contributed by atoms with Crippen LogP contribution in [0.2, 0.25) is 0 Å². The normalized spacial score (nSPS) is 17.7. The van der Waals surface area contributed by atoms with Gasteiger partial charge in [-0.1, -0.05) is 0 Å². The van der Waals surface area contributed by atoms with Crippen LogP contribution < -0.4 is 5.73 Å². The molecule has 0 aliphatic heterocycles. The molecule has 4 heteroatoms. The second-order valence-corrected chi connectivity index (χ2v) is 5.43. The van der Waals surface area contributed by atoms with E-state index in [4.69, 9.17) is 10.5 Å². The molecule has 16 heavy (non-hydrogen) atoms. The van der Waals surface area contributed by atoms with Crippen LogP contribution in [0.5, 0.6) is 0 Å². The fraction of sp³-hybridized carbons (Fsp3) is 0.750. The van der Waals surface area contributed by atoms with Crippen molar-refractivity contribution in [1.82, 2.24) is 4.98 Å². The first kappa shape index (κ1) is 12.0. The van der Waals surface area contributed by atoms with Crippen LogP contribution in [0.15, 0.2) is 0 Å². The van der Waals surface area contributed by atoms with Crippen molar-refractivity contribution in [2.45, 2.75) is 39.2 Å². The second-order valence-electron chi connectivity index (χ2n) is 4.31. The summed E-state index contributed by atoms with van der Waals surface area (Å²) in [4.78, 5) is 5.97. The third-order valence-electron chi connectivity index (χ3n) is 2.92. The van der Waals surface area contributed by atoms with Gasteiger partial charge in [0.2, 0.25) is 0 Å². The summed E-state index contributed by atoms with van der Waals surface area (Å²) in [6.07, 6.45) is 3.75. The number of nitrogens with zero attached hydrogens (tertiary/aromatic N) is 1. The number of hydrogen-bond acceptors (Lipinski definition) is 4. The Labute approximate surface area is 101 Å². The topological polar surface area (TPSA) is 48.1 Å². The van der Waals surface area contributed by atoms with Crippen molar-refractivity contribution in [3.8, 4) is 0 Å². The number of aryl methyl sites for hydroxylation is 1. The first-order valence-corrected chi connectivity index (χ1v) is 6.85. The number of rotatable bonds is 6. The molecule has 1 fully saturated rings. The third-order valence-corrected chi connectivity index (χ3v) is 4.20. The lowest BCUT2D eigenvalue weighted by Crippen LogP contribution is -2.06. The number of thiazole rings is 1. The van der Waals surface area contributed by atoms with Crippen molar-refractivity contribution in [1.29, 1.82) is 0 Å². The Morgan fingerprint density at radius 2 is 2.31 bits per heavy atom. The highest BCUT2D eigenvalue weighted by atomic mass is 32.1. The van der Waals surface area contributed by atoms with Crippen molar-refractivity contribution in [2.75, 3.05) is 13.2 Å². The third kappa shape index (κ3) is 2.62. The Kier molecular flexibility index (Phi) is 3.95. The van der Waals surface area contributed by atoms with Gasteiger partial charge in [0.1, 0.15) is 11.1 Å². The van der Waals surface area contributed by atoms with Crippen LogP contribution in [0, 0.1) is 12.8 Å². The summed E-state index contributed by atoms with van der Waals surface area (Å²) in [5.74, 6) is 0.705. The largest absolute Gasteiger partial charge is 0.371 e. The predicted octanol–water partition coefficient (Wildman–Crippen LogP) is 2.44. The predicted molar refractivity (Wildman–Crippen MR) is 66.7 cm³/mol. The van der Waals surface area contributed by atoms with Crippen molar-refractivity contribution in [2.24, 2.45) is 11.7 Å². The van der Waals surface area contributed by atoms with Gasteiger partial charge in [0.25, 0.3) is 0 Å². The molecule has 1 unspecified atom stereocenters. The Morgan fingerprint density at radius 3 is 2.88 bits per heavy atom. The number of nitrogens with two attached hydrogens (primary N) is 1. The molecule has 1 saturated carbocycles. The van der Waals surface area contributed by atoms with Gasteiger partial charge >= 0.3 is 0 Å². The van der Waals surface area contributed by atoms with Crippen LogP contribution in [-0.2, 0) is 11.2 Å². The fourth-order valence-electron chi connectivity index (χ4n) is 1.92. The van der Waals surface area contributed by atoms with E-state index in [0.717, 1.165) is 23.7 Å². The van der Waals surface area contributed by atoms with Gasteiger partial charge in [0, 0.05) is 11.5 Å². The van der Waals surface area contributed by atoms with Gasteiger partial charge in [-0.05, 0) is 45.6 Å². The fourth-order valence-corrected chi connectivity index (χ4v) is 3.15. The molecule has 0 aromatic carbocycles. The number of hydrogen-bond donors (Lipinski definition) is 1. The van der Waals surface area contributed by atoms with Crippen LogP contribution in [0.4, 0.5) is 0 Å². The van der Waals surface area contributed by atoms with Crippen molar-refractivity contribution in [3.63, 3.8) is 0 Å². The minimum atomic E-state index is 0.236. The van der Waals surface area contributed by atoms with E-state index in [0.29, 0.717) is 12.5 Å². The van der Waals surface area contributed by atoms with Gasteiger partial charge in [0.15, 0.2) is 0 Å². The van der Waals surface area contributed by atoms with Crippen LogP contribution >= 0.6 is 11.3 Å². The van der Waals surface area contributed by atoms with E-state index in [-0.39, 0.29) is 6.10 Å². The molecule has 0 radical (unpaired) electrons. The van der Waals surface area contributed by atoms with Gasteiger partial charge in [-0.2, -0.15) is 0 Å². The van der Waals surface area contributed by atoms with Gasteiger partial charge in [-0.3, -0.25) is 0 Å². The van der Waals surface area contributed by atoms with Crippen LogP contribution in [0.3, 0.4) is 0 Å². The van der Waals surface area contributed by atoms with E-state index in [9.17, 15) is 0 Å². The van der Waals surface area contributed by atoms with Crippen molar-refractivity contribution >= 4 is 11.3 Å². The number of aromatic nitrogens is 1. The summed E-state index contributed by atoms with van der Waals surface area (Å²) in [6, 6.07) is 0. The maximum Gasteiger partial charge on any atom is 0.122 e. The molecule has 0 saturated heterocycles. The Morgan fingerprint density at radius 1 is 1.56 bits per heavy atom. The first-order chi connectivity index (χ1) is 7.76. The van der Waals surface area contributed by atoms with Crippen LogP contribution in [0.25, 0.3) is 0 Å². The number of ether oxygens (including phenoxy) is 1. The van der Waals surface area contributed by atoms with Gasteiger partial charge in [-0.15, -0.1) is 11.3 Å². The minimum Gasteiger partial charge on any atom is -0.371 e. The quantitative estimate of drug-likeness (QED) is 0.831. The summed E-state index contributed by atoms with van der Waals surface area (Å²) in [5.41, 5.74) is 6.73. The molecule has 2 N–H and O–H groups in total. The molecule has 1 aliphatic rings. The van der Waals surface area contributed by atoms with E-state index < -0.39 is 0 Å². The lowest BCUT2D eigenvalue weighted by molar-refractivity contribution is 0.0461. The zero-order chi connectivity index (χ0) is 11.5. The molecule has 1 heterocycles. The summed E-state index contributed by atoms with van der Waals surface area (Å²) in [7, 11) is 0. The molecule has 1 aromatic rings. The van der Waals surface area contributed by atoms with E-state index in [1.54, 1.807) is 11.3 Å². The highest BCUT2D eigenvalue weighted by Gasteiger charge is 2.35. The lowest BCUT2D eigenvalue weighted by Gasteiger charge is -2.12. The molecule has 0 spiro atoms. The average Bonchev–Trinajstić information content (AvgIpc) is 3.02. The smallest absolute Gasteiger partial charge is 0.122 e. The maximum atomic E-state index is 5.82. The maximum absolute atomic E-state index is 5.82. The second kappa shape index (κ2) is 5.25. The molecule has 0 bridgehead atoms. The van der Waals surface area contributed by atoms with Gasteiger partial charge in [0.05, 0.1) is 5.69 Å². The SMILES string of the molecule is CCOC(c1nc(C)c(CCN)s1)C1CC1. The first-order valence-electron chi connectivity index (χ1n) is 6.04. The molecular weight excluding hydrogens is 220 g/mol. The van der Waals surface area contributed by atoms with E-state index >= 15 is 0 Å². The molecule has 0 amide bonds. The van der Waals surface area contributed by atoms with E-state index in [2.05, 4.69) is 18.8 Å². The molecular formula is C12H20N2OS. The van der Waals surface area contributed by atoms with Crippen LogP contribution in [0.1, 0.15) is 41.4 Å². The highest BCUT2D eigenvalue weighted by Crippen LogP contribution is 2.44. The standard InChI is InChI=1S/C12H20N2OS/c1-3-15-11(9-4-5-9)12-14-8(2)10(16-12)6-7-13/h9,11H,3-7,13H2,1-2H3. The van der Waals surface area contributed by atoms with Crippen molar-refractivity contribution < 1.29 is 4.74 Å². The highest BCUT2D eigenvalue weighted by molar-refractivity contribution is 7.11. The molecule has 90 valence electrons. The van der Waals surface area contributed by atoms with Gasteiger partial charge in [-0.25, -0.2) is 4.98 Å². The zero-order valence-electron chi connectivity index (χ0n) is 10.0.